The topological polar surface area (TPSA) is 38.7 Å². The molecular weight excluding hydrogens is 198 g/mol. The zero-order valence-corrected chi connectivity index (χ0v) is 8.92. The van der Waals surface area contributed by atoms with Gasteiger partial charge in [-0.15, -0.1) is 0 Å². The first-order chi connectivity index (χ1) is 6.77. The molecule has 0 saturated carbocycles. The molecule has 1 rings (SSSR count). The van der Waals surface area contributed by atoms with Gasteiger partial charge in [0.25, 0.3) is 5.91 Å². The maximum absolute atomic E-state index is 11.2. The number of thiocarbonyl (C=S) groups is 1. The number of hydrogen-bond donors (Lipinski definition) is 0. The van der Waals surface area contributed by atoms with Crippen molar-refractivity contribution < 1.29 is 9.53 Å². The van der Waals surface area contributed by atoms with E-state index in [0.29, 0.717) is 6.42 Å². The molecule has 2 atom stereocenters. The van der Waals surface area contributed by atoms with Crippen LogP contribution in [0.1, 0.15) is 19.3 Å². The van der Waals surface area contributed by atoms with Crippen LogP contribution >= 0.6 is 12.2 Å². The van der Waals surface area contributed by atoms with E-state index >= 15 is 0 Å². The molecule has 0 N–H and O–H groups in total. The maximum atomic E-state index is 11.2. The van der Waals surface area contributed by atoms with Gasteiger partial charge in [0.2, 0.25) is 0 Å². The van der Waals surface area contributed by atoms with Crippen molar-refractivity contribution in [2.45, 2.75) is 25.4 Å². The molecule has 14 heavy (non-hydrogen) atoms. The molecule has 0 radical (unpaired) electrons. The summed E-state index contributed by atoms with van der Waals surface area (Å²) < 4.78 is 5.26. The molecule has 0 spiro atoms. The summed E-state index contributed by atoms with van der Waals surface area (Å²) in [5, 5.41) is 2.09. The average Bonchev–Trinajstić information content (AvgIpc) is 2.19. The van der Waals surface area contributed by atoms with Crippen molar-refractivity contribution >= 4 is 23.3 Å². The molecule has 0 bridgehead atoms. The van der Waals surface area contributed by atoms with E-state index in [1.54, 1.807) is 7.11 Å². The summed E-state index contributed by atoms with van der Waals surface area (Å²) in [5.74, 6) is 0.0203. The molecule has 76 valence electrons. The Balaban J connectivity index is 2.54. The third-order valence-electron chi connectivity index (χ3n) is 2.37. The molecule has 1 aliphatic rings. The number of rotatable bonds is 3. The van der Waals surface area contributed by atoms with Gasteiger partial charge in [0.05, 0.1) is 11.3 Å². The molecule has 0 heterocycles. The van der Waals surface area contributed by atoms with Gasteiger partial charge < -0.3 is 4.74 Å². The van der Waals surface area contributed by atoms with Crippen LogP contribution in [-0.2, 0) is 9.53 Å². The van der Waals surface area contributed by atoms with Crippen LogP contribution in [0.25, 0.3) is 0 Å². The fraction of sp³-hybridized carbons (Fsp3) is 0.600. The third-order valence-corrected chi connectivity index (χ3v) is 2.47. The highest BCUT2D eigenvalue weighted by Crippen LogP contribution is 2.24. The number of hydrogen-bond acceptors (Lipinski definition) is 3. The third kappa shape index (κ3) is 3.14. The number of allylic oxidation sites excluding steroid dienone is 1. The standard InChI is InChI=1S/C10H13NO2S/c1-13-9-5-3-2-4-8(9)6-10(12)11-7-14/h3,5,8-9H,2,4,6H2,1H3. The molecule has 4 heteroatoms. The molecule has 0 aromatic carbocycles. The number of nitrogens with zero attached hydrogens (tertiary/aromatic N) is 1. The Labute approximate surface area is 88.9 Å². The van der Waals surface area contributed by atoms with Crippen molar-refractivity contribution in [3.63, 3.8) is 0 Å². The summed E-state index contributed by atoms with van der Waals surface area (Å²) >= 11 is 4.37. The minimum atomic E-state index is -0.206. The Morgan fingerprint density at radius 1 is 1.79 bits per heavy atom. The lowest BCUT2D eigenvalue weighted by Crippen LogP contribution is -2.25. The average molecular weight is 211 g/mol. The lowest BCUT2D eigenvalue weighted by Gasteiger charge is -2.24. The summed E-state index contributed by atoms with van der Waals surface area (Å²) in [5.41, 5.74) is 0. The quantitative estimate of drug-likeness (QED) is 0.407. The SMILES string of the molecule is COC1C=CCCC1CC(=O)N=C=S. The van der Waals surface area contributed by atoms with E-state index in [1.165, 1.54) is 0 Å². The van der Waals surface area contributed by atoms with E-state index in [1.807, 2.05) is 6.08 Å². The summed E-state index contributed by atoms with van der Waals surface area (Å²) in [6, 6.07) is 0. The molecular formula is C10H13NO2S. The second-order valence-electron chi connectivity index (χ2n) is 3.27. The summed E-state index contributed by atoms with van der Waals surface area (Å²) in [7, 11) is 1.65. The molecule has 2 unspecified atom stereocenters. The van der Waals surface area contributed by atoms with Gasteiger partial charge >= 0.3 is 0 Å². The fourth-order valence-corrected chi connectivity index (χ4v) is 1.77. The number of aliphatic imine (C=N–C) groups is 1. The Morgan fingerprint density at radius 2 is 2.57 bits per heavy atom. The summed E-state index contributed by atoms with van der Waals surface area (Å²) in [6.07, 6.45) is 6.48. The number of isothiocyanates is 1. The maximum Gasteiger partial charge on any atom is 0.254 e. The van der Waals surface area contributed by atoms with Crippen molar-refractivity contribution in [2.24, 2.45) is 10.9 Å². The van der Waals surface area contributed by atoms with Gasteiger partial charge in [-0.3, -0.25) is 4.79 Å². The summed E-state index contributed by atoms with van der Waals surface area (Å²) in [6.45, 7) is 0. The smallest absolute Gasteiger partial charge is 0.254 e. The highest BCUT2D eigenvalue weighted by molar-refractivity contribution is 7.78. The van der Waals surface area contributed by atoms with Crippen molar-refractivity contribution in [1.82, 2.24) is 0 Å². The first kappa shape index (κ1) is 11.2. The Bertz CT molecular complexity index is 282. The van der Waals surface area contributed by atoms with Crippen LogP contribution in [0.5, 0.6) is 0 Å². The van der Waals surface area contributed by atoms with Crippen molar-refractivity contribution in [3.8, 4) is 0 Å². The van der Waals surface area contributed by atoms with Crippen LogP contribution in [0, 0.1) is 5.92 Å². The normalized spacial score (nSPS) is 25.5. The number of ether oxygens (including phenoxy) is 1. The largest absolute Gasteiger partial charge is 0.377 e. The van der Waals surface area contributed by atoms with Gasteiger partial charge in [0.1, 0.15) is 0 Å². The number of carbonyl (C=O) groups is 1. The Morgan fingerprint density at radius 3 is 3.21 bits per heavy atom. The monoisotopic (exact) mass is 211 g/mol. The molecule has 0 aliphatic heterocycles. The predicted octanol–water partition coefficient (Wildman–Crippen LogP) is 1.99. The second-order valence-corrected chi connectivity index (χ2v) is 3.45. The van der Waals surface area contributed by atoms with Gasteiger partial charge in [-0.25, -0.2) is 0 Å². The van der Waals surface area contributed by atoms with E-state index in [4.69, 9.17) is 4.74 Å². The zero-order chi connectivity index (χ0) is 10.4. The van der Waals surface area contributed by atoms with Crippen LogP contribution in [0.3, 0.4) is 0 Å². The Hall–Kier alpha value is -0.830. The number of methoxy groups -OCH3 is 1. The van der Waals surface area contributed by atoms with Gasteiger partial charge in [0, 0.05) is 13.5 Å². The van der Waals surface area contributed by atoms with E-state index in [-0.39, 0.29) is 17.9 Å². The molecule has 0 aromatic rings. The van der Waals surface area contributed by atoms with Crippen molar-refractivity contribution in [3.05, 3.63) is 12.2 Å². The zero-order valence-electron chi connectivity index (χ0n) is 8.10. The molecule has 0 fully saturated rings. The Kier molecular flexibility index (Phi) is 4.66. The second kappa shape index (κ2) is 5.81. The van der Waals surface area contributed by atoms with Crippen LogP contribution in [-0.4, -0.2) is 24.3 Å². The minimum Gasteiger partial charge on any atom is -0.377 e. The first-order valence-corrected chi connectivity index (χ1v) is 4.99. The van der Waals surface area contributed by atoms with Crippen LogP contribution in [0.15, 0.2) is 17.1 Å². The lowest BCUT2D eigenvalue weighted by atomic mass is 9.88. The van der Waals surface area contributed by atoms with Crippen LogP contribution in [0.2, 0.25) is 0 Å². The lowest BCUT2D eigenvalue weighted by molar-refractivity contribution is -0.119. The van der Waals surface area contributed by atoms with Gasteiger partial charge in [-0.05, 0) is 31.0 Å². The van der Waals surface area contributed by atoms with Crippen molar-refractivity contribution in [2.75, 3.05) is 7.11 Å². The molecule has 0 saturated heterocycles. The van der Waals surface area contributed by atoms with E-state index in [9.17, 15) is 4.79 Å². The number of amides is 1. The van der Waals surface area contributed by atoms with E-state index in [2.05, 4.69) is 28.4 Å². The number of carbonyl (C=O) groups excluding carboxylic acids is 1. The molecule has 1 amide bonds. The summed E-state index contributed by atoms with van der Waals surface area (Å²) in [4.78, 5) is 14.6. The first-order valence-electron chi connectivity index (χ1n) is 4.58. The highest BCUT2D eigenvalue weighted by atomic mass is 32.1. The van der Waals surface area contributed by atoms with E-state index < -0.39 is 0 Å². The predicted molar refractivity (Wildman–Crippen MR) is 57.3 cm³/mol. The minimum absolute atomic E-state index is 0.0352. The van der Waals surface area contributed by atoms with Gasteiger partial charge in [-0.2, -0.15) is 4.99 Å². The molecule has 1 aliphatic carbocycles. The highest BCUT2D eigenvalue weighted by Gasteiger charge is 2.23. The van der Waals surface area contributed by atoms with Gasteiger partial charge in [-0.1, -0.05) is 12.2 Å². The van der Waals surface area contributed by atoms with Crippen molar-refractivity contribution in [1.29, 1.82) is 0 Å². The fourth-order valence-electron chi connectivity index (χ4n) is 1.67. The van der Waals surface area contributed by atoms with Gasteiger partial charge in [0.15, 0.2) is 0 Å². The van der Waals surface area contributed by atoms with Crippen LogP contribution in [0.4, 0.5) is 0 Å². The van der Waals surface area contributed by atoms with E-state index in [0.717, 1.165) is 12.8 Å². The van der Waals surface area contributed by atoms with Crippen LogP contribution < -0.4 is 0 Å². The molecule has 3 nitrogen and oxygen atoms in total. The molecule has 0 aromatic heterocycles.